The van der Waals surface area contributed by atoms with E-state index in [4.69, 9.17) is 21.1 Å². The maximum atomic E-state index is 14.1. The first kappa shape index (κ1) is 18.3. The average molecular weight is 381 g/mol. The molecule has 2 aromatic rings. The number of hydrogen-bond acceptors (Lipinski definition) is 5. The van der Waals surface area contributed by atoms with Crippen LogP contribution >= 0.6 is 11.6 Å². The summed E-state index contributed by atoms with van der Waals surface area (Å²) in [6, 6.07) is 9.75. The Labute approximate surface area is 155 Å². The molecule has 8 heteroatoms. The lowest BCUT2D eigenvalue weighted by Gasteiger charge is -2.33. The second-order valence-electron chi connectivity index (χ2n) is 5.97. The fourth-order valence-corrected chi connectivity index (χ4v) is 3.21. The standard InChI is InChI=1S/C18H18ClFN2O4/c1-25-13-10-15(20)18(22(23)24)16(11-13)21-8-6-12(7-9-21)26-17-5-3-2-4-14(17)19/h2-5,10-12H,6-9H2,1H3. The number of hydrogen-bond donors (Lipinski definition) is 0. The van der Waals surface area contributed by atoms with Gasteiger partial charge in [-0.3, -0.25) is 10.1 Å². The van der Waals surface area contributed by atoms with E-state index in [2.05, 4.69) is 0 Å². The minimum absolute atomic E-state index is 0.0549. The van der Waals surface area contributed by atoms with Crippen LogP contribution in [0.1, 0.15) is 12.8 Å². The van der Waals surface area contributed by atoms with Gasteiger partial charge >= 0.3 is 5.69 Å². The number of nitro groups is 1. The molecular formula is C18H18ClFN2O4. The molecule has 1 aliphatic heterocycles. The Bertz CT molecular complexity index is 810. The summed E-state index contributed by atoms with van der Waals surface area (Å²) in [7, 11) is 1.40. The fraction of sp³-hybridized carbons (Fsp3) is 0.333. The summed E-state index contributed by atoms with van der Waals surface area (Å²) in [6.45, 7) is 1.01. The number of rotatable bonds is 5. The summed E-state index contributed by atoms with van der Waals surface area (Å²) < 4.78 is 25.1. The van der Waals surface area contributed by atoms with E-state index in [0.29, 0.717) is 36.7 Å². The van der Waals surface area contributed by atoms with Crippen LogP contribution in [0.3, 0.4) is 0 Å². The smallest absolute Gasteiger partial charge is 0.328 e. The first-order chi connectivity index (χ1) is 12.5. The van der Waals surface area contributed by atoms with Crippen molar-refractivity contribution in [2.45, 2.75) is 18.9 Å². The number of benzene rings is 2. The molecule has 0 unspecified atom stereocenters. The molecule has 26 heavy (non-hydrogen) atoms. The van der Waals surface area contributed by atoms with Crippen LogP contribution in [-0.4, -0.2) is 31.2 Å². The van der Waals surface area contributed by atoms with E-state index in [0.717, 1.165) is 6.07 Å². The molecule has 6 nitrogen and oxygen atoms in total. The summed E-state index contributed by atoms with van der Waals surface area (Å²) in [5.74, 6) is -0.0395. The SMILES string of the molecule is COc1cc(F)c([N+](=O)[O-])c(N2CCC(Oc3ccccc3Cl)CC2)c1. The van der Waals surface area contributed by atoms with Gasteiger partial charge in [0, 0.05) is 38.1 Å². The second-order valence-corrected chi connectivity index (χ2v) is 6.38. The van der Waals surface area contributed by atoms with Gasteiger partial charge in [-0.25, -0.2) is 0 Å². The lowest BCUT2D eigenvalue weighted by molar-refractivity contribution is -0.386. The Morgan fingerprint density at radius 3 is 2.58 bits per heavy atom. The van der Waals surface area contributed by atoms with Crippen molar-refractivity contribution in [3.63, 3.8) is 0 Å². The lowest BCUT2D eigenvalue weighted by Crippen LogP contribution is -2.38. The number of piperidine rings is 1. The Morgan fingerprint density at radius 1 is 1.27 bits per heavy atom. The zero-order valence-electron chi connectivity index (χ0n) is 14.2. The van der Waals surface area contributed by atoms with Crippen molar-refractivity contribution in [1.29, 1.82) is 0 Å². The quantitative estimate of drug-likeness (QED) is 0.566. The van der Waals surface area contributed by atoms with Crippen LogP contribution in [0.15, 0.2) is 36.4 Å². The molecule has 0 atom stereocenters. The highest BCUT2D eigenvalue weighted by Crippen LogP contribution is 2.37. The van der Waals surface area contributed by atoms with Gasteiger partial charge in [0.1, 0.15) is 23.3 Å². The van der Waals surface area contributed by atoms with Crippen LogP contribution in [0.4, 0.5) is 15.8 Å². The normalized spacial score (nSPS) is 15.0. The Kier molecular flexibility index (Phi) is 5.46. The topological polar surface area (TPSA) is 64.8 Å². The molecule has 0 amide bonds. The monoisotopic (exact) mass is 380 g/mol. The molecule has 1 fully saturated rings. The van der Waals surface area contributed by atoms with Gasteiger partial charge in [0.05, 0.1) is 17.1 Å². The van der Waals surface area contributed by atoms with Crippen molar-refractivity contribution in [2.75, 3.05) is 25.1 Å². The maximum Gasteiger partial charge on any atom is 0.328 e. The molecule has 0 radical (unpaired) electrons. The Balaban J connectivity index is 1.75. The van der Waals surface area contributed by atoms with E-state index < -0.39 is 16.4 Å². The van der Waals surface area contributed by atoms with E-state index in [9.17, 15) is 14.5 Å². The number of anilines is 1. The highest BCUT2D eigenvalue weighted by atomic mass is 35.5. The molecule has 0 bridgehead atoms. The molecule has 1 saturated heterocycles. The zero-order valence-corrected chi connectivity index (χ0v) is 14.9. The van der Waals surface area contributed by atoms with Crippen LogP contribution in [0.25, 0.3) is 0 Å². The third-order valence-electron chi connectivity index (χ3n) is 4.35. The van der Waals surface area contributed by atoms with E-state index in [1.165, 1.54) is 13.2 Å². The van der Waals surface area contributed by atoms with Crippen LogP contribution < -0.4 is 14.4 Å². The van der Waals surface area contributed by atoms with Crippen molar-refractivity contribution in [1.82, 2.24) is 0 Å². The Hall–Kier alpha value is -2.54. The van der Waals surface area contributed by atoms with Gasteiger partial charge in [-0.15, -0.1) is 0 Å². The first-order valence-electron chi connectivity index (χ1n) is 8.17. The van der Waals surface area contributed by atoms with Crippen molar-refractivity contribution in [2.24, 2.45) is 0 Å². The summed E-state index contributed by atoms with van der Waals surface area (Å²) in [5.41, 5.74) is -0.306. The number of ether oxygens (including phenoxy) is 2. The van der Waals surface area contributed by atoms with Crippen LogP contribution in [-0.2, 0) is 0 Å². The molecule has 1 aliphatic rings. The van der Waals surface area contributed by atoms with Crippen LogP contribution in [0.2, 0.25) is 5.02 Å². The third-order valence-corrected chi connectivity index (χ3v) is 4.66. The molecule has 0 N–H and O–H groups in total. The third kappa shape index (κ3) is 3.83. The predicted octanol–water partition coefficient (Wildman–Crippen LogP) is 4.44. The summed E-state index contributed by atoms with van der Waals surface area (Å²) in [4.78, 5) is 12.4. The first-order valence-corrected chi connectivity index (χ1v) is 8.55. The number of nitro benzene ring substituents is 1. The molecule has 0 saturated carbocycles. The number of methoxy groups -OCH3 is 1. The van der Waals surface area contributed by atoms with Crippen molar-refractivity contribution >= 4 is 23.0 Å². The van der Waals surface area contributed by atoms with Gasteiger partial charge in [-0.1, -0.05) is 23.7 Å². The van der Waals surface area contributed by atoms with Gasteiger partial charge in [0.15, 0.2) is 0 Å². The highest BCUT2D eigenvalue weighted by molar-refractivity contribution is 6.32. The predicted molar refractivity (Wildman–Crippen MR) is 96.9 cm³/mol. The molecular weight excluding hydrogens is 363 g/mol. The van der Waals surface area contributed by atoms with Gasteiger partial charge in [-0.2, -0.15) is 4.39 Å². The summed E-state index contributed by atoms with van der Waals surface area (Å²) >= 11 is 6.11. The van der Waals surface area contributed by atoms with Crippen molar-refractivity contribution in [3.8, 4) is 11.5 Å². The van der Waals surface area contributed by atoms with Gasteiger partial charge in [0.2, 0.25) is 5.82 Å². The number of nitrogens with zero attached hydrogens (tertiary/aromatic N) is 2. The molecule has 2 aromatic carbocycles. The second kappa shape index (κ2) is 7.78. The van der Waals surface area contributed by atoms with Gasteiger partial charge in [-0.05, 0) is 12.1 Å². The van der Waals surface area contributed by atoms with E-state index >= 15 is 0 Å². The van der Waals surface area contributed by atoms with Crippen LogP contribution in [0, 0.1) is 15.9 Å². The minimum Gasteiger partial charge on any atom is -0.497 e. The largest absolute Gasteiger partial charge is 0.497 e. The zero-order chi connectivity index (χ0) is 18.7. The Morgan fingerprint density at radius 2 is 1.96 bits per heavy atom. The molecule has 1 heterocycles. The molecule has 0 aromatic heterocycles. The van der Waals surface area contributed by atoms with Crippen molar-refractivity contribution < 1.29 is 18.8 Å². The van der Waals surface area contributed by atoms with Crippen molar-refractivity contribution in [3.05, 3.63) is 57.4 Å². The molecule has 138 valence electrons. The van der Waals surface area contributed by atoms with E-state index in [-0.39, 0.29) is 17.5 Å². The van der Waals surface area contributed by atoms with Gasteiger partial charge in [0.25, 0.3) is 0 Å². The summed E-state index contributed by atoms with van der Waals surface area (Å²) in [6.07, 6.45) is 1.23. The highest BCUT2D eigenvalue weighted by Gasteiger charge is 2.29. The fourth-order valence-electron chi connectivity index (χ4n) is 3.03. The molecule has 0 spiro atoms. The van der Waals surface area contributed by atoms with Gasteiger partial charge < -0.3 is 14.4 Å². The molecule has 3 rings (SSSR count). The minimum atomic E-state index is -0.904. The van der Waals surface area contributed by atoms with E-state index in [1.54, 1.807) is 17.0 Å². The number of para-hydroxylation sites is 1. The summed E-state index contributed by atoms with van der Waals surface area (Å²) in [5, 5.41) is 11.8. The number of halogens is 2. The maximum absolute atomic E-state index is 14.1. The van der Waals surface area contributed by atoms with Crippen LogP contribution in [0.5, 0.6) is 11.5 Å². The molecule has 0 aliphatic carbocycles. The lowest BCUT2D eigenvalue weighted by atomic mass is 10.1. The van der Waals surface area contributed by atoms with E-state index in [1.807, 2.05) is 12.1 Å². The average Bonchev–Trinajstić information content (AvgIpc) is 2.63.